The molecule has 160 valence electrons. The van der Waals surface area contributed by atoms with E-state index in [1.807, 2.05) is 0 Å². The number of carbonyl (C=O) groups is 3. The molecule has 0 bridgehead atoms. The number of ether oxygens (including phenoxy) is 2. The third kappa shape index (κ3) is 7.58. The molecular weight excluding hydrogens is 394 g/mol. The Balaban J connectivity index is 2.08. The summed E-state index contributed by atoms with van der Waals surface area (Å²) in [6.07, 6.45) is -0.207. The monoisotopic (exact) mass is 423 g/mol. The number of thioether (sulfide) groups is 1. The van der Waals surface area contributed by atoms with Crippen LogP contribution >= 0.6 is 11.8 Å². The summed E-state index contributed by atoms with van der Waals surface area (Å²) in [5.41, 5.74) is 0.144. The molecule has 0 saturated carbocycles. The van der Waals surface area contributed by atoms with Gasteiger partial charge in [-0.3, -0.25) is 10.1 Å². The second kappa shape index (κ2) is 9.98. The van der Waals surface area contributed by atoms with Gasteiger partial charge in [0, 0.05) is 32.1 Å². The number of hydrogen-bond donors (Lipinski definition) is 2. The molecular formula is C20H29N3O5S. The highest BCUT2D eigenvalue weighted by atomic mass is 32.2. The fourth-order valence-electron chi connectivity index (χ4n) is 2.52. The van der Waals surface area contributed by atoms with Crippen LogP contribution in [0.3, 0.4) is 0 Å². The van der Waals surface area contributed by atoms with E-state index in [0.29, 0.717) is 17.4 Å². The first-order valence-corrected chi connectivity index (χ1v) is 10.5. The average molecular weight is 424 g/mol. The summed E-state index contributed by atoms with van der Waals surface area (Å²) in [6.45, 7) is 5.35. The fourth-order valence-corrected chi connectivity index (χ4v) is 3.47. The van der Waals surface area contributed by atoms with Gasteiger partial charge < -0.3 is 19.7 Å². The Morgan fingerprint density at radius 1 is 1.24 bits per heavy atom. The standard InChI is InChI=1S/C20H29N3O5S/c1-20(2,3)28-18(25)15(22-17(24)16-11-29-12-21-16)10-13-6-8-14(9-7-13)27-19(26)23(4)5/h6-9,15-16,21H,10-12H2,1-5H3,(H,22,24)/t15-,16-/m0/s1. The van der Waals surface area contributed by atoms with Crippen LogP contribution in [0.25, 0.3) is 0 Å². The van der Waals surface area contributed by atoms with E-state index in [1.165, 1.54) is 4.90 Å². The first kappa shape index (κ1) is 23.0. The molecule has 2 amide bonds. The summed E-state index contributed by atoms with van der Waals surface area (Å²) in [6, 6.07) is 5.68. The van der Waals surface area contributed by atoms with Crippen molar-refractivity contribution in [1.29, 1.82) is 0 Å². The highest BCUT2D eigenvalue weighted by Crippen LogP contribution is 2.17. The van der Waals surface area contributed by atoms with Gasteiger partial charge in [-0.05, 0) is 38.5 Å². The largest absolute Gasteiger partial charge is 0.458 e. The molecule has 2 N–H and O–H groups in total. The molecule has 1 saturated heterocycles. The molecule has 0 radical (unpaired) electrons. The van der Waals surface area contributed by atoms with Crippen molar-refractivity contribution in [3.05, 3.63) is 29.8 Å². The molecule has 1 heterocycles. The molecule has 0 unspecified atom stereocenters. The summed E-state index contributed by atoms with van der Waals surface area (Å²) in [7, 11) is 3.20. The minimum Gasteiger partial charge on any atom is -0.458 e. The number of hydrogen-bond acceptors (Lipinski definition) is 7. The number of benzene rings is 1. The summed E-state index contributed by atoms with van der Waals surface area (Å²) in [4.78, 5) is 38.1. The number of esters is 1. The van der Waals surface area contributed by atoms with Crippen LogP contribution in [0.2, 0.25) is 0 Å². The molecule has 0 spiro atoms. The molecule has 2 atom stereocenters. The van der Waals surface area contributed by atoms with Gasteiger partial charge >= 0.3 is 12.1 Å². The predicted octanol–water partition coefficient (Wildman–Crippen LogP) is 1.78. The van der Waals surface area contributed by atoms with E-state index >= 15 is 0 Å². The quantitative estimate of drug-likeness (QED) is 0.673. The summed E-state index contributed by atoms with van der Waals surface area (Å²) in [5.74, 6) is 1.07. The molecule has 1 aromatic rings. The van der Waals surface area contributed by atoms with Crippen LogP contribution in [0.5, 0.6) is 5.75 Å². The molecule has 1 aromatic carbocycles. The van der Waals surface area contributed by atoms with Crippen LogP contribution < -0.4 is 15.4 Å². The second-order valence-electron chi connectivity index (χ2n) is 7.98. The maximum absolute atomic E-state index is 12.7. The zero-order chi connectivity index (χ0) is 21.6. The summed E-state index contributed by atoms with van der Waals surface area (Å²) >= 11 is 1.64. The third-order valence-electron chi connectivity index (χ3n) is 3.97. The fraction of sp³-hybridized carbons (Fsp3) is 0.550. The van der Waals surface area contributed by atoms with Crippen molar-refractivity contribution >= 4 is 29.7 Å². The number of nitrogens with zero attached hydrogens (tertiary/aromatic N) is 1. The molecule has 1 aliphatic heterocycles. The van der Waals surface area contributed by atoms with Crippen LogP contribution in [-0.2, 0) is 20.7 Å². The van der Waals surface area contributed by atoms with Gasteiger partial charge in [-0.1, -0.05) is 12.1 Å². The van der Waals surface area contributed by atoms with Crippen molar-refractivity contribution in [1.82, 2.24) is 15.5 Å². The molecule has 1 fully saturated rings. The van der Waals surface area contributed by atoms with E-state index < -0.39 is 23.7 Å². The maximum atomic E-state index is 12.7. The van der Waals surface area contributed by atoms with Crippen molar-refractivity contribution in [2.75, 3.05) is 25.7 Å². The Hall–Kier alpha value is -2.26. The van der Waals surface area contributed by atoms with Crippen molar-refractivity contribution in [2.45, 2.75) is 44.9 Å². The number of amides is 2. The normalized spacial score (nSPS) is 17.3. The first-order valence-electron chi connectivity index (χ1n) is 9.37. The minimum atomic E-state index is -0.815. The summed E-state index contributed by atoms with van der Waals surface area (Å²) < 4.78 is 10.7. The Labute approximate surface area is 175 Å². The van der Waals surface area contributed by atoms with Crippen molar-refractivity contribution in [3.8, 4) is 5.75 Å². The van der Waals surface area contributed by atoms with Gasteiger partial charge in [-0.25, -0.2) is 9.59 Å². The number of nitrogens with one attached hydrogen (secondary N) is 2. The average Bonchev–Trinajstić information content (AvgIpc) is 3.16. The highest BCUT2D eigenvalue weighted by molar-refractivity contribution is 7.99. The van der Waals surface area contributed by atoms with Gasteiger partial charge in [0.05, 0.1) is 6.04 Å². The van der Waals surface area contributed by atoms with E-state index in [0.717, 1.165) is 5.56 Å². The van der Waals surface area contributed by atoms with Crippen molar-refractivity contribution in [3.63, 3.8) is 0 Å². The first-order chi connectivity index (χ1) is 13.5. The lowest BCUT2D eigenvalue weighted by atomic mass is 10.0. The van der Waals surface area contributed by atoms with Crippen molar-refractivity contribution in [2.24, 2.45) is 0 Å². The van der Waals surface area contributed by atoms with Crippen LogP contribution in [0, 0.1) is 0 Å². The maximum Gasteiger partial charge on any atom is 0.414 e. The minimum absolute atomic E-state index is 0.220. The molecule has 2 rings (SSSR count). The number of rotatable bonds is 6. The topological polar surface area (TPSA) is 97.0 Å². The molecule has 8 nitrogen and oxygen atoms in total. The van der Waals surface area contributed by atoms with Gasteiger partial charge in [0.25, 0.3) is 0 Å². The summed E-state index contributed by atoms with van der Waals surface area (Å²) in [5, 5.41) is 5.90. The molecule has 0 aromatic heterocycles. The number of carbonyl (C=O) groups excluding carboxylic acids is 3. The van der Waals surface area contributed by atoms with E-state index in [-0.39, 0.29) is 18.4 Å². The van der Waals surface area contributed by atoms with Gasteiger partial charge in [0.1, 0.15) is 17.4 Å². The highest BCUT2D eigenvalue weighted by Gasteiger charge is 2.30. The van der Waals surface area contributed by atoms with Crippen LogP contribution in [-0.4, -0.2) is 66.3 Å². The zero-order valence-electron chi connectivity index (χ0n) is 17.5. The lowest BCUT2D eigenvalue weighted by molar-refractivity contribution is -0.158. The van der Waals surface area contributed by atoms with E-state index in [1.54, 1.807) is 70.9 Å². The lowest BCUT2D eigenvalue weighted by Crippen LogP contribution is -2.51. The second-order valence-corrected chi connectivity index (χ2v) is 9.01. The predicted molar refractivity (Wildman–Crippen MR) is 112 cm³/mol. The molecule has 9 heteroatoms. The van der Waals surface area contributed by atoms with Gasteiger partial charge in [-0.2, -0.15) is 0 Å². The van der Waals surface area contributed by atoms with E-state index in [2.05, 4.69) is 10.6 Å². The zero-order valence-corrected chi connectivity index (χ0v) is 18.3. The molecule has 1 aliphatic rings. The Bertz CT molecular complexity index is 725. The van der Waals surface area contributed by atoms with Crippen LogP contribution in [0.1, 0.15) is 26.3 Å². The Morgan fingerprint density at radius 2 is 1.90 bits per heavy atom. The van der Waals surface area contributed by atoms with E-state index in [9.17, 15) is 14.4 Å². The molecule has 0 aliphatic carbocycles. The van der Waals surface area contributed by atoms with Crippen LogP contribution in [0.4, 0.5) is 4.79 Å². The molecule has 29 heavy (non-hydrogen) atoms. The Morgan fingerprint density at radius 3 is 2.41 bits per heavy atom. The van der Waals surface area contributed by atoms with Gasteiger partial charge in [0.15, 0.2) is 0 Å². The van der Waals surface area contributed by atoms with E-state index in [4.69, 9.17) is 9.47 Å². The van der Waals surface area contributed by atoms with Gasteiger partial charge in [-0.15, -0.1) is 11.8 Å². The Kier molecular flexibility index (Phi) is 7.92. The van der Waals surface area contributed by atoms with Crippen LogP contribution in [0.15, 0.2) is 24.3 Å². The SMILES string of the molecule is CN(C)C(=O)Oc1ccc(C[C@H](NC(=O)[C@@H]2CSCN2)C(=O)OC(C)(C)C)cc1. The van der Waals surface area contributed by atoms with Crippen molar-refractivity contribution < 1.29 is 23.9 Å². The third-order valence-corrected chi connectivity index (χ3v) is 4.91. The smallest absolute Gasteiger partial charge is 0.414 e. The van der Waals surface area contributed by atoms with Gasteiger partial charge in [0.2, 0.25) is 5.91 Å². The lowest BCUT2D eigenvalue weighted by Gasteiger charge is -2.25.